The van der Waals surface area contributed by atoms with E-state index in [-0.39, 0.29) is 42.2 Å². The highest BCUT2D eigenvalue weighted by atomic mass is 35.5. The molecule has 0 aromatic heterocycles. The summed E-state index contributed by atoms with van der Waals surface area (Å²) < 4.78 is 0. The Balaban J connectivity index is 1.38. The van der Waals surface area contributed by atoms with Crippen molar-refractivity contribution in [1.82, 2.24) is 4.90 Å². The molecule has 1 aromatic carbocycles. The number of imide groups is 1. The van der Waals surface area contributed by atoms with E-state index in [0.717, 1.165) is 11.3 Å². The lowest BCUT2D eigenvalue weighted by atomic mass is 9.63. The largest absolute Gasteiger partial charge is 0.367 e. The number of likely N-dealkylation sites (tertiary alicyclic amines) is 1. The lowest BCUT2D eigenvalue weighted by Gasteiger charge is -2.37. The SMILES string of the molecule is Cc1c(Cl)cccc1NCN1C(=O)[C@@H]2[C@H]3C=C[C@@H]([C@@H]4C[C@@H]34)[C@H]2C1=O. The average molecular weight is 343 g/mol. The summed E-state index contributed by atoms with van der Waals surface area (Å²) in [5.41, 5.74) is 1.79. The van der Waals surface area contributed by atoms with Crippen molar-refractivity contribution >= 4 is 29.1 Å². The van der Waals surface area contributed by atoms with Crippen LogP contribution in [0.5, 0.6) is 0 Å². The van der Waals surface area contributed by atoms with Gasteiger partial charge in [-0.25, -0.2) is 0 Å². The highest BCUT2D eigenvalue weighted by Crippen LogP contribution is 2.65. The first kappa shape index (κ1) is 14.5. The van der Waals surface area contributed by atoms with Crippen molar-refractivity contribution in [3.63, 3.8) is 0 Å². The molecule has 0 radical (unpaired) electrons. The van der Waals surface area contributed by atoms with Gasteiger partial charge in [0.05, 0.1) is 18.5 Å². The third-order valence-corrected chi connectivity index (χ3v) is 6.86. The van der Waals surface area contributed by atoms with Crippen LogP contribution in [0.25, 0.3) is 0 Å². The number of nitrogens with one attached hydrogen (secondary N) is 1. The first-order valence-corrected chi connectivity index (χ1v) is 8.98. The first-order chi connectivity index (χ1) is 11.6. The smallest absolute Gasteiger partial charge is 0.235 e. The van der Waals surface area contributed by atoms with Gasteiger partial charge in [0.2, 0.25) is 11.8 Å². The number of carbonyl (C=O) groups is 2. The fourth-order valence-electron chi connectivity index (χ4n) is 5.14. The molecule has 124 valence electrons. The standard InChI is InChI=1S/C19H19ClN2O2/c1-9-14(20)3-2-4-15(9)21-8-22-18(23)16-10-5-6-11(13-7-12(10)13)17(16)19(22)24/h2-6,10-13,16-17,21H,7-8H2,1H3/t10-,11-,12-,13-,16+,17+/m0/s1. The molecule has 1 aliphatic heterocycles. The molecule has 2 amide bonds. The minimum Gasteiger partial charge on any atom is -0.367 e. The van der Waals surface area contributed by atoms with Gasteiger partial charge in [-0.1, -0.05) is 29.8 Å². The Morgan fingerprint density at radius 1 is 1.12 bits per heavy atom. The van der Waals surface area contributed by atoms with Gasteiger partial charge in [0, 0.05) is 10.7 Å². The van der Waals surface area contributed by atoms with E-state index in [2.05, 4.69) is 17.5 Å². The zero-order valence-corrected chi connectivity index (χ0v) is 14.2. The van der Waals surface area contributed by atoms with E-state index in [9.17, 15) is 9.59 Å². The minimum absolute atomic E-state index is 0.00174. The van der Waals surface area contributed by atoms with E-state index in [1.54, 1.807) is 0 Å². The molecule has 1 aromatic rings. The number of allylic oxidation sites excluding steroid dienone is 2. The topological polar surface area (TPSA) is 49.4 Å². The molecule has 1 heterocycles. The van der Waals surface area contributed by atoms with E-state index >= 15 is 0 Å². The Bertz CT molecular complexity index is 754. The van der Waals surface area contributed by atoms with Gasteiger partial charge in [-0.05, 0) is 54.7 Å². The van der Waals surface area contributed by atoms with Crippen molar-refractivity contribution in [1.29, 1.82) is 0 Å². The van der Waals surface area contributed by atoms with E-state index < -0.39 is 0 Å². The Morgan fingerprint density at radius 2 is 1.75 bits per heavy atom. The molecule has 0 spiro atoms. The summed E-state index contributed by atoms with van der Waals surface area (Å²) in [6.07, 6.45) is 5.59. The molecule has 0 unspecified atom stereocenters. The van der Waals surface area contributed by atoms with Crippen LogP contribution in [0.3, 0.4) is 0 Å². The summed E-state index contributed by atoms with van der Waals surface area (Å²) in [5, 5.41) is 3.89. The number of hydrogen-bond acceptors (Lipinski definition) is 3. The molecule has 6 atom stereocenters. The number of nitrogens with zero attached hydrogens (tertiary/aromatic N) is 1. The van der Waals surface area contributed by atoms with Crippen LogP contribution in [0.4, 0.5) is 5.69 Å². The van der Waals surface area contributed by atoms with Crippen LogP contribution in [0.15, 0.2) is 30.4 Å². The summed E-state index contributed by atoms with van der Waals surface area (Å²) in [5.74, 6) is 1.58. The molecule has 24 heavy (non-hydrogen) atoms. The number of rotatable bonds is 3. The maximum atomic E-state index is 12.9. The van der Waals surface area contributed by atoms with Crippen molar-refractivity contribution in [3.8, 4) is 0 Å². The van der Waals surface area contributed by atoms with Crippen LogP contribution < -0.4 is 5.32 Å². The number of halogens is 1. The van der Waals surface area contributed by atoms with E-state index in [1.807, 2.05) is 25.1 Å². The van der Waals surface area contributed by atoms with Gasteiger partial charge in [0.15, 0.2) is 0 Å². The summed E-state index contributed by atoms with van der Waals surface area (Å²) in [7, 11) is 0. The Labute approximate surface area is 145 Å². The van der Waals surface area contributed by atoms with Gasteiger partial charge in [-0.3, -0.25) is 14.5 Å². The lowest BCUT2D eigenvalue weighted by Crippen LogP contribution is -2.40. The fraction of sp³-hybridized carbons (Fsp3) is 0.474. The van der Waals surface area contributed by atoms with Crippen LogP contribution in [0.1, 0.15) is 12.0 Å². The molecular formula is C19H19ClN2O2. The van der Waals surface area contributed by atoms with Gasteiger partial charge >= 0.3 is 0 Å². The third-order valence-electron chi connectivity index (χ3n) is 6.45. The number of benzene rings is 1. The molecule has 4 nitrogen and oxygen atoms in total. The quantitative estimate of drug-likeness (QED) is 0.678. The van der Waals surface area contributed by atoms with Crippen molar-refractivity contribution in [2.24, 2.45) is 35.5 Å². The summed E-state index contributed by atoms with van der Waals surface area (Å²) >= 11 is 6.14. The summed E-state index contributed by atoms with van der Waals surface area (Å²) in [6.45, 7) is 2.15. The first-order valence-electron chi connectivity index (χ1n) is 8.60. The maximum Gasteiger partial charge on any atom is 0.235 e. The van der Waals surface area contributed by atoms with Gasteiger partial charge in [-0.2, -0.15) is 0 Å². The molecule has 6 rings (SSSR count). The molecule has 5 heteroatoms. The van der Waals surface area contributed by atoms with E-state index in [0.29, 0.717) is 16.9 Å². The normalized spacial score (nSPS) is 38.3. The lowest BCUT2D eigenvalue weighted by molar-refractivity contribution is -0.139. The molecule has 1 saturated heterocycles. The van der Waals surface area contributed by atoms with Crippen LogP contribution in [-0.2, 0) is 9.59 Å². The molecular weight excluding hydrogens is 324 g/mol. The van der Waals surface area contributed by atoms with Gasteiger partial charge in [-0.15, -0.1) is 0 Å². The second kappa shape index (κ2) is 4.85. The maximum absolute atomic E-state index is 12.9. The molecule has 4 aliphatic carbocycles. The number of anilines is 1. The number of hydrogen-bond donors (Lipinski definition) is 1. The predicted molar refractivity (Wildman–Crippen MR) is 91.2 cm³/mol. The highest BCUT2D eigenvalue weighted by molar-refractivity contribution is 6.31. The Hall–Kier alpha value is -1.81. The zero-order chi connectivity index (χ0) is 16.6. The third kappa shape index (κ3) is 1.80. The summed E-state index contributed by atoms with van der Waals surface area (Å²) in [6, 6.07) is 5.61. The predicted octanol–water partition coefficient (Wildman–Crippen LogP) is 3.07. The number of amides is 2. The molecule has 1 N–H and O–H groups in total. The second-order valence-corrected chi connectivity index (χ2v) is 7.91. The van der Waals surface area contributed by atoms with Crippen molar-refractivity contribution in [2.75, 3.05) is 12.0 Å². The van der Waals surface area contributed by atoms with Crippen molar-refractivity contribution in [3.05, 3.63) is 40.9 Å². The van der Waals surface area contributed by atoms with Crippen LogP contribution in [-0.4, -0.2) is 23.4 Å². The monoisotopic (exact) mass is 342 g/mol. The van der Waals surface area contributed by atoms with Crippen LogP contribution in [0.2, 0.25) is 5.02 Å². The Morgan fingerprint density at radius 3 is 2.38 bits per heavy atom. The second-order valence-electron chi connectivity index (χ2n) is 7.51. The highest BCUT2D eigenvalue weighted by Gasteiger charge is 2.66. The van der Waals surface area contributed by atoms with Gasteiger partial charge in [0.25, 0.3) is 0 Å². The van der Waals surface area contributed by atoms with E-state index in [4.69, 9.17) is 11.6 Å². The van der Waals surface area contributed by atoms with Crippen LogP contribution in [0, 0.1) is 42.4 Å². The fourth-order valence-corrected chi connectivity index (χ4v) is 5.31. The van der Waals surface area contributed by atoms with Crippen molar-refractivity contribution in [2.45, 2.75) is 13.3 Å². The van der Waals surface area contributed by atoms with Gasteiger partial charge < -0.3 is 5.32 Å². The molecule has 3 fully saturated rings. The number of carbonyl (C=O) groups excluding carboxylic acids is 2. The van der Waals surface area contributed by atoms with Gasteiger partial charge in [0.1, 0.15) is 0 Å². The van der Waals surface area contributed by atoms with E-state index in [1.165, 1.54) is 11.3 Å². The van der Waals surface area contributed by atoms with Crippen molar-refractivity contribution < 1.29 is 9.59 Å². The molecule has 5 aliphatic rings. The van der Waals surface area contributed by atoms with Crippen LogP contribution >= 0.6 is 11.6 Å². The summed E-state index contributed by atoms with van der Waals surface area (Å²) in [4.78, 5) is 27.2. The molecule has 2 saturated carbocycles. The zero-order valence-electron chi connectivity index (χ0n) is 13.4. The average Bonchev–Trinajstić information content (AvgIpc) is 3.35. The Kier molecular flexibility index (Phi) is 2.94. The minimum atomic E-state index is -0.126. The molecule has 2 bridgehead atoms.